The van der Waals surface area contributed by atoms with Crippen LogP contribution in [0.4, 0.5) is 5.69 Å². The Morgan fingerprint density at radius 2 is 1.66 bits per heavy atom. The number of nitrogens with one attached hydrogen (secondary N) is 1. The van der Waals surface area contributed by atoms with Crippen LogP contribution >= 0.6 is 0 Å². The maximum absolute atomic E-state index is 13.7. The molecule has 0 saturated carbocycles. The second kappa shape index (κ2) is 12.5. The van der Waals surface area contributed by atoms with E-state index in [9.17, 15) is 14.4 Å². The molecular formula is C28H37N2O5+. The highest BCUT2D eigenvalue weighted by molar-refractivity contribution is 6.03. The molecule has 0 aromatic heterocycles. The topological polar surface area (TPSA) is 81.7 Å². The molecule has 2 aromatic carbocycles. The maximum atomic E-state index is 13.7. The molecule has 1 unspecified atom stereocenters. The summed E-state index contributed by atoms with van der Waals surface area (Å²) < 4.78 is 10.9. The number of esters is 2. The highest BCUT2D eigenvalue weighted by Crippen LogP contribution is 2.28. The van der Waals surface area contributed by atoms with Crippen molar-refractivity contribution in [3.8, 4) is 0 Å². The Kier molecular flexibility index (Phi) is 9.43. The van der Waals surface area contributed by atoms with E-state index in [-0.39, 0.29) is 25.0 Å². The molecule has 3 rings (SSSR count). The summed E-state index contributed by atoms with van der Waals surface area (Å²) >= 11 is 0. The Labute approximate surface area is 208 Å². The normalized spacial score (nSPS) is 16.0. The number of carbonyl (C=O) groups excluding carboxylic acids is 3. The fraction of sp³-hybridized carbons (Fsp3) is 0.464. The molecule has 1 aliphatic heterocycles. The van der Waals surface area contributed by atoms with Crippen molar-refractivity contribution in [1.29, 1.82) is 0 Å². The van der Waals surface area contributed by atoms with Crippen LogP contribution in [0.3, 0.4) is 0 Å². The molecule has 1 saturated heterocycles. The van der Waals surface area contributed by atoms with E-state index in [4.69, 9.17) is 9.47 Å². The average Bonchev–Trinajstić information content (AvgIpc) is 3.10. The molecule has 1 atom stereocenters. The van der Waals surface area contributed by atoms with Gasteiger partial charge in [0, 0.05) is 6.42 Å². The molecule has 0 aliphatic carbocycles. The van der Waals surface area contributed by atoms with Crippen LogP contribution in [0.2, 0.25) is 0 Å². The van der Waals surface area contributed by atoms with Gasteiger partial charge in [0.2, 0.25) is 0 Å². The van der Waals surface area contributed by atoms with Gasteiger partial charge in [0.15, 0.2) is 12.6 Å². The number of ether oxygens (including phenoxy) is 2. The van der Waals surface area contributed by atoms with Crippen LogP contribution in [0.1, 0.15) is 60.5 Å². The summed E-state index contributed by atoms with van der Waals surface area (Å²) in [5.41, 5.74) is 2.49. The highest BCUT2D eigenvalue weighted by atomic mass is 16.5. The van der Waals surface area contributed by atoms with Crippen LogP contribution in [0.5, 0.6) is 0 Å². The van der Waals surface area contributed by atoms with Crippen molar-refractivity contribution >= 4 is 23.5 Å². The molecule has 7 heteroatoms. The first kappa shape index (κ1) is 26.4. The Bertz CT molecular complexity index is 1010. The predicted octanol–water partition coefficient (Wildman–Crippen LogP) is 4.63. The monoisotopic (exact) mass is 481 g/mol. The number of methoxy groups -OCH3 is 1. The minimum atomic E-state index is -0.500. The highest BCUT2D eigenvalue weighted by Gasteiger charge is 2.43. The van der Waals surface area contributed by atoms with E-state index in [1.165, 1.54) is 7.11 Å². The van der Waals surface area contributed by atoms with Gasteiger partial charge in [0.1, 0.15) is 6.61 Å². The zero-order chi connectivity index (χ0) is 25.3. The summed E-state index contributed by atoms with van der Waals surface area (Å²) in [6, 6.07) is 14.4. The number of amides is 1. The number of likely N-dealkylation sites (tertiary alicyclic amines) is 1. The Morgan fingerprint density at radius 3 is 2.29 bits per heavy atom. The molecule has 1 heterocycles. The van der Waals surface area contributed by atoms with E-state index in [1.54, 1.807) is 12.1 Å². The first-order valence-electron chi connectivity index (χ1n) is 12.4. The molecule has 1 fully saturated rings. The molecule has 1 N–H and O–H groups in total. The summed E-state index contributed by atoms with van der Waals surface area (Å²) in [4.78, 5) is 39.0. The van der Waals surface area contributed by atoms with Crippen molar-refractivity contribution < 1.29 is 28.3 Å². The molecule has 188 valence electrons. The van der Waals surface area contributed by atoms with Gasteiger partial charge in [-0.25, -0.2) is 9.59 Å². The van der Waals surface area contributed by atoms with E-state index in [0.29, 0.717) is 22.2 Å². The first-order chi connectivity index (χ1) is 16.9. The number of hydrogen-bond acceptors (Lipinski definition) is 5. The molecule has 0 radical (unpaired) electrons. The van der Waals surface area contributed by atoms with E-state index in [2.05, 4.69) is 5.32 Å². The molecule has 1 aliphatic rings. The van der Waals surface area contributed by atoms with Crippen LogP contribution in [-0.2, 0) is 25.7 Å². The minimum Gasteiger partial charge on any atom is -0.465 e. The van der Waals surface area contributed by atoms with Gasteiger partial charge in [-0.2, -0.15) is 0 Å². The minimum absolute atomic E-state index is 0.149. The smallest absolute Gasteiger partial charge is 0.362 e. The largest absolute Gasteiger partial charge is 0.465 e. The van der Waals surface area contributed by atoms with Crippen molar-refractivity contribution in [1.82, 2.24) is 0 Å². The molecular weight excluding hydrogens is 444 g/mol. The maximum Gasteiger partial charge on any atom is 0.362 e. The molecule has 35 heavy (non-hydrogen) atoms. The fourth-order valence-electron chi connectivity index (χ4n) is 5.08. The van der Waals surface area contributed by atoms with Crippen molar-refractivity contribution in [2.75, 3.05) is 32.1 Å². The van der Waals surface area contributed by atoms with Crippen LogP contribution in [0.25, 0.3) is 0 Å². The first-order valence-corrected chi connectivity index (χ1v) is 12.4. The third-order valence-electron chi connectivity index (χ3n) is 6.92. The fourth-order valence-corrected chi connectivity index (χ4v) is 5.08. The predicted molar refractivity (Wildman–Crippen MR) is 135 cm³/mol. The van der Waals surface area contributed by atoms with Gasteiger partial charge < -0.3 is 19.3 Å². The average molecular weight is 482 g/mol. The summed E-state index contributed by atoms with van der Waals surface area (Å²) in [7, 11) is 1.32. The van der Waals surface area contributed by atoms with E-state index in [1.807, 2.05) is 50.2 Å². The number of quaternary nitrogens is 1. The number of para-hydroxylation sites is 1. The lowest BCUT2D eigenvalue weighted by atomic mass is 10.0. The lowest BCUT2D eigenvalue weighted by Crippen LogP contribution is -2.62. The Balaban J connectivity index is 1.83. The molecule has 2 aromatic rings. The van der Waals surface area contributed by atoms with Gasteiger partial charge in [-0.3, -0.25) is 4.79 Å². The lowest BCUT2D eigenvalue weighted by molar-refractivity contribution is -0.935. The van der Waals surface area contributed by atoms with Gasteiger partial charge in [-0.1, -0.05) is 49.4 Å². The zero-order valence-electron chi connectivity index (χ0n) is 21.0. The summed E-state index contributed by atoms with van der Waals surface area (Å²) in [6.45, 7) is 5.67. The van der Waals surface area contributed by atoms with Gasteiger partial charge in [-0.05, 0) is 49.8 Å². The van der Waals surface area contributed by atoms with Crippen molar-refractivity contribution in [3.63, 3.8) is 0 Å². The standard InChI is InChI=1S/C28H36N2O5/c1-4-24(27(32)29-26-21(2)13-12-16-23(26)28(33)34-3)30(17-10-5-6-11-18-30)19-25(31)35-20-22-14-8-7-9-15-22/h7-9,12-16,24H,4-6,10-11,17-20H2,1-3H3/p+1. The SMILES string of the molecule is CCC(C(=O)Nc1c(C)cccc1C(=O)OC)[N+]1(CC(=O)OCc2ccccc2)CCCCCC1. The number of anilines is 1. The molecule has 7 nitrogen and oxygen atoms in total. The van der Waals surface area contributed by atoms with E-state index < -0.39 is 12.0 Å². The second-order valence-corrected chi connectivity index (χ2v) is 9.29. The number of hydrogen-bond donors (Lipinski definition) is 1. The third-order valence-corrected chi connectivity index (χ3v) is 6.92. The van der Waals surface area contributed by atoms with Gasteiger partial charge in [0.05, 0.1) is 31.5 Å². The van der Waals surface area contributed by atoms with E-state index >= 15 is 0 Å². The second-order valence-electron chi connectivity index (χ2n) is 9.29. The van der Waals surface area contributed by atoms with Gasteiger partial charge in [0.25, 0.3) is 5.91 Å². The number of carbonyl (C=O) groups is 3. The number of benzene rings is 2. The summed E-state index contributed by atoms with van der Waals surface area (Å²) in [5.74, 6) is -0.988. The third kappa shape index (κ3) is 6.69. The zero-order valence-corrected chi connectivity index (χ0v) is 21.0. The summed E-state index contributed by atoms with van der Waals surface area (Å²) in [6.07, 6.45) is 4.64. The number of aryl methyl sites for hydroxylation is 1. The van der Waals surface area contributed by atoms with Crippen LogP contribution in [-0.4, -0.2) is 55.1 Å². The van der Waals surface area contributed by atoms with Crippen molar-refractivity contribution in [2.45, 2.75) is 58.6 Å². The molecule has 0 bridgehead atoms. The number of rotatable bonds is 9. The van der Waals surface area contributed by atoms with Crippen molar-refractivity contribution in [3.05, 3.63) is 65.2 Å². The van der Waals surface area contributed by atoms with Crippen LogP contribution in [0, 0.1) is 6.92 Å². The molecule has 1 amide bonds. The molecule has 0 spiro atoms. The summed E-state index contributed by atoms with van der Waals surface area (Å²) in [5, 5.41) is 3.01. The van der Waals surface area contributed by atoms with Crippen molar-refractivity contribution in [2.24, 2.45) is 0 Å². The van der Waals surface area contributed by atoms with Gasteiger partial charge >= 0.3 is 11.9 Å². The lowest BCUT2D eigenvalue weighted by Gasteiger charge is -2.42. The quantitative estimate of drug-likeness (QED) is 0.417. The van der Waals surface area contributed by atoms with Crippen LogP contribution in [0.15, 0.2) is 48.5 Å². The van der Waals surface area contributed by atoms with E-state index in [0.717, 1.165) is 49.9 Å². The number of nitrogens with zero attached hydrogens (tertiary/aromatic N) is 1. The van der Waals surface area contributed by atoms with Gasteiger partial charge in [-0.15, -0.1) is 0 Å². The Hall–Kier alpha value is -3.19. The Morgan fingerprint density at radius 1 is 0.971 bits per heavy atom. The van der Waals surface area contributed by atoms with Crippen LogP contribution < -0.4 is 5.32 Å².